The summed E-state index contributed by atoms with van der Waals surface area (Å²) in [7, 11) is -1.59. The first-order valence-corrected chi connectivity index (χ1v) is 15.0. The molecular formula is C30H37N3O5S. The molecule has 3 atom stereocenters. The third-order valence-electron chi connectivity index (χ3n) is 6.99. The highest BCUT2D eigenvalue weighted by molar-refractivity contribution is 7.92. The first-order chi connectivity index (χ1) is 18.6. The summed E-state index contributed by atoms with van der Waals surface area (Å²) in [5.74, 6) is -0.189. The molecule has 1 aliphatic heterocycles. The molecule has 2 N–H and O–H groups in total. The molecular weight excluding hydrogens is 514 g/mol. The molecule has 8 nitrogen and oxygen atoms in total. The van der Waals surface area contributed by atoms with Gasteiger partial charge in [-0.25, -0.2) is 8.42 Å². The van der Waals surface area contributed by atoms with E-state index in [4.69, 9.17) is 4.74 Å². The molecule has 3 aromatic rings. The molecule has 0 fully saturated rings. The van der Waals surface area contributed by atoms with Gasteiger partial charge in [0.1, 0.15) is 6.10 Å². The predicted octanol–water partition coefficient (Wildman–Crippen LogP) is 4.08. The number of sulfonamides is 1. The normalized spacial score (nSPS) is 18.6. The van der Waals surface area contributed by atoms with Crippen LogP contribution >= 0.6 is 0 Å². The molecule has 9 heteroatoms. The van der Waals surface area contributed by atoms with Crippen LogP contribution in [0.2, 0.25) is 0 Å². The minimum absolute atomic E-state index is 0.0923. The lowest BCUT2D eigenvalue weighted by Gasteiger charge is -2.38. The molecule has 1 aliphatic rings. The average molecular weight is 552 g/mol. The molecule has 0 saturated carbocycles. The van der Waals surface area contributed by atoms with Crippen molar-refractivity contribution in [2.75, 3.05) is 37.7 Å². The first kappa shape index (κ1) is 28.6. The van der Waals surface area contributed by atoms with Crippen LogP contribution in [0.25, 0.3) is 11.1 Å². The second-order valence-corrected chi connectivity index (χ2v) is 12.2. The summed E-state index contributed by atoms with van der Waals surface area (Å²) >= 11 is 0. The number of para-hydroxylation sites is 1. The van der Waals surface area contributed by atoms with Crippen LogP contribution in [-0.2, 0) is 16.6 Å². The van der Waals surface area contributed by atoms with Crippen molar-refractivity contribution in [1.29, 1.82) is 0 Å². The highest BCUT2D eigenvalue weighted by Gasteiger charge is 2.34. The van der Waals surface area contributed by atoms with Gasteiger partial charge >= 0.3 is 0 Å². The third-order valence-corrected chi connectivity index (χ3v) is 7.58. The molecule has 0 saturated heterocycles. The number of fused-ring (bicyclic) bond motifs is 1. The summed E-state index contributed by atoms with van der Waals surface area (Å²) in [4.78, 5) is 17.3. The maximum Gasteiger partial charge on any atom is 0.258 e. The summed E-state index contributed by atoms with van der Waals surface area (Å²) in [6.07, 6.45) is 0.718. The van der Waals surface area contributed by atoms with Gasteiger partial charge in [-0.05, 0) is 42.8 Å². The highest BCUT2D eigenvalue weighted by Crippen LogP contribution is 2.35. The first-order valence-electron chi connectivity index (χ1n) is 13.1. The van der Waals surface area contributed by atoms with Crippen LogP contribution in [0.4, 0.5) is 5.69 Å². The number of anilines is 1. The van der Waals surface area contributed by atoms with Gasteiger partial charge in [0.05, 0.1) is 30.2 Å². The lowest BCUT2D eigenvalue weighted by atomic mass is 9.98. The fourth-order valence-electron chi connectivity index (χ4n) is 4.86. The van der Waals surface area contributed by atoms with E-state index in [1.54, 1.807) is 30.0 Å². The Kier molecular flexibility index (Phi) is 8.94. The zero-order valence-corrected chi connectivity index (χ0v) is 23.7. The smallest absolute Gasteiger partial charge is 0.258 e. The molecule has 0 spiro atoms. The van der Waals surface area contributed by atoms with E-state index in [-0.39, 0.29) is 41.5 Å². The molecule has 1 amide bonds. The van der Waals surface area contributed by atoms with Crippen LogP contribution < -0.4 is 9.46 Å². The van der Waals surface area contributed by atoms with E-state index in [9.17, 15) is 18.3 Å². The minimum Gasteiger partial charge on any atom is -0.486 e. The number of hydrogen-bond acceptors (Lipinski definition) is 6. The molecule has 4 rings (SSSR count). The van der Waals surface area contributed by atoms with Crippen LogP contribution in [0, 0.1) is 5.92 Å². The summed E-state index contributed by atoms with van der Waals surface area (Å²) in [5.41, 5.74) is 3.96. The van der Waals surface area contributed by atoms with Gasteiger partial charge < -0.3 is 14.7 Å². The Morgan fingerprint density at radius 1 is 1.05 bits per heavy atom. The molecule has 0 unspecified atom stereocenters. The number of carbonyl (C=O) groups is 1. The van der Waals surface area contributed by atoms with Gasteiger partial charge in [-0.3, -0.25) is 14.4 Å². The number of nitrogens with zero attached hydrogens (tertiary/aromatic N) is 2. The van der Waals surface area contributed by atoms with Gasteiger partial charge in [-0.15, -0.1) is 0 Å². The van der Waals surface area contributed by atoms with Gasteiger partial charge in [-0.1, -0.05) is 67.6 Å². The third kappa shape index (κ3) is 7.17. The van der Waals surface area contributed by atoms with E-state index >= 15 is 0 Å². The van der Waals surface area contributed by atoms with Crippen molar-refractivity contribution in [2.24, 2.45) is 5.92 Å². The van der Waals surface area contributed by atoms with E-state index in [0.717, 1.165) is 17.4 Å². The number of nitrogens with one attached hydrogen (secondary N) is 1. The number of ether oxygens (including phenoxy) is 1. The summed E-state index contributed by atoms with van der Waals surface area (Å²) in [6.45, 7) is 5.26. The standard InChI is InChI=1S/C30H37N3O5S/c1-21-17-33(22(2)20-34)30(35)26-11-8-12-27(31-39(4,36)37)29(26)38-28(21)19-32(3)18-23-13-15-25(16-14-23)24-9-6-5-7-10-24/h5-16,21-22,28,31,34H,17-20H2,1-4H3/t21-,22+,28-/m0/s1. The van der Waals surface area contributed by atoms with E-state index in [1.807, 2.05) is 32.2 Å². The van der Waals surface area contributed by atoms with Crippen molar-refractivity contribution in [3.63, 3.8) is 0 Å². The van der Waals surface area contributed by atoms with Crippen LogP contribution in [0.3, 0.4) is 0 Å². The summed E-state index contributed by atoms with van der Waals surface area (Å²) in [5, 5.41) is 9.85. The lowest BCUT2D eigenvalue weighted by Crippen LogP contribution is -2.49. The van der Waals surface area contributed by atoms with E-state index in [2.05, 4.69) is 46.0 Å². The topological polar surface area (TPSA) is 99.2 Å². The van der Waals surface area contributed by atoms with Gasteiger partial charge in [0.15, 0.2) is 5.75 Å². The van der Waals surface area contributed by atoms with Crippen molar-refractivity contribution < 1.29 is 23.1 Å². The fourth-order valence-corrected chi connectivity index (χ4v) is 5.42. The fraction of sp³-hybridized carbons (Fsp3) is 0.367. The van der Waals surface area contributed by atoms with Crippen molar-refractivity contribution >= 4 is 21.6 Å². The molecule has 208 valence electrons. The maximum atomic E-state index is 13.5. The number of rotatable bonds is 9. The SMILES string of the molecule is C[C@H](CO)N1C[C@H](C)[C@H](CN(C)Cc2ccc(-c3ccccc3)cc2)Oc2c(NS(C)(=O)=O)cccc2C1=O. The monoisotopic (exact) mass is 551 g/mol. The highest BCUT2D eigenvalue weighted by atomic mass is 32.2. The number of likely N-dealkylation sites (N-methyl/N-ethyl adjacent to an activating group) is 1. The molecule has 0 aromatic heterocycles. The van der Waals surface area contributed by atoms with Crippen molar-refractivity contribution in [1.82, 2.24) is 9.80 Å². The van der Waals surface area contributed by atoms with Crippen molar-refractivity contribution in [3.8, 4) is 16.9 Å². The largest absolute Gasteiger partial charge is 0.486 e. The Morgan fingerprint density at radius 3 is 2.36 bits per heavy atom. The zero-order valence-electron chi connectivity index (χ0n) is 22.9. The van der Waals surface area contributed by atoms with E-state index in [1.165, 1.54) is 5.56 Å². The van der Waals surface area contributed by atoms with E-state index < -0.39 is 16.1 Å². The number of amides is 1. The van der Waals surface area contributed by atoms with E-state index in [0.29, 0.717) is 19.6 Å². The van der Waals surface area contributed by atoms with Crippen molar-refractivity contribution in [3.05, 3.63) is 83.9 Å². The van der Waals surface area contributed by atoms with Crippen LogP contribution in [0.15, 0.2) is 72.8 Å². The predicted molar refractivity (Wildman–Crippen MR) is 154 cm³/mol. The summed E-state index contributed by atoms with van der Waals surface area (Å²) < 4.78 is 33.1. The van der Waals surface area contributed by atoms with Gasteiger partial charge in [-0.2, -0.15) is 0 Å². The second-order valence-electron chi connectivity index (χ2n) is 10.4. The quantitative estimate of drug-likeness (QED) is 0.416. The molecule has 0 aliphatic carbocycles. The van der Waals surface area contributed by atoms with Gasteiger partial charge in [0.25, 0.3) is 5.91 Å². The molecule has 39 heavy (non-hydrogen) atoms. The average Bonchev–Trinajstić information content (AvgIpc) is 2.90. The zero-order chi connectivity index (χ0) is 28.2. The summed E-state index contributed by atoms with van der Waals surface area (Å²) in [6, 6.07) is 23.2. The molecule has 0 radical (unpaired) electrons. The Bertz CT molecular complexity index is 1380. The van der Waals surface area contributed by atoms with Crippen molar-refractivity contribution in [2.45, 2.75) is 32.5 Å². The number of carbonyl (C=O) groups excluding carboxylic acids is 1. The number of aliphatic hydroxyl groups is 1. The number of hydrogen-bond donors (Lipinski definition) is 2. The lowest BCUT2D eigenvalue weighted by molar-refractivity contribution is 0.0344. The Hall–Kier alpha value is -3.40. The Morgan fingerprint density at radius 2 is 1.72 bits per heavy atom. The molecule has 3 aromatic carbocycles. The van der Waals surface area contributed by atoms with Crippen LogP contribution in [0.5, 0.6) is 5.75 Å². The van der Waals surface area contributed by atoms with Gasteiger partial charge in [0, 0.05) is 25.6 Å². The van der Waals surface area contributed by atoms with Crippen LogP contribution in [0.1, 0.15) is 29.8 Å². The second kappa shape index (κ2) is 12.2. The maximum absolute atomic E-state index is 13.5. The van der Waals surface area contributed by atoms with Gasteiger partial charge in [0.2, 0.25) is 10.0 Å². The Labute approximate surface area is 231 Å². The minimum atomic E-state index is -3.61. The molecule has 0 bridgehead atoms. The number of aliphatic hydroxyl groups excluding tert-OH is 1. The number of benzene rings is 3. The van der Waals surface area contributed by atoms with Crippen LogP contribution in [-0.4, -0.2) is 74.4 Å². The Balaban J connectivity index is 1.58. The molecule has 1 heterocycles.